The molecule has 25 heavy (non-hydrogen) atoms. The highest BCUT2D eigenvalue weighted by atomic mass is 79.9. The Bertz CT molecular complexity index is 1030. The number of anilines is 1. The van der Waals surface area contributed by atoms with Crippen molar-refractivity contribution in [1.29, 1.82) is 0 Å². The lowest BCUT2D eigenvalue weighted by atomic mass is 10.2. The first-order valence-corrected chi connectivity index (χ1v) is 9.76. The third-order valence-corrected chi connectivity index (χ3v) is 5.44. The summed E-state index contributed by atoms with van der Waals surface area (Å²) in [6.07, 6.45) is 0. The fourth-order valence-electron chi connectivity index (χ4n) is 2.41. The number of rotatable bonds is 5. The standard InChI is InChI=1S/C17H15BrN2O4S/c1-2-24-17(21)16-15(13-5-3-4-6-14(13)19-16)20-25(22,23)12-9-7-11(18)8-10-12/h3-10,19-20H,2H2,1H3. The second kappa shape index (κ2) is 6.89. The molecule has 130 valence electrons. The molecular formula is C17H15BrN2O4S. The summed E-state index contributed by atoms with van der Waals surface area (Å²) in [5, 5.41) is 0.589. The number of hydrogen-bond donors (Lipinski definition) is 2. The predicted molar refractivity (Wildman–Crippen MR) is 99.2 cm³/mol. The van der Waals surface area contributed by atoms with Gasteiger partial charge in [-0.2, -0.15) is 0 Å². The highest BCUT2D eigenvalue weighted by Crippen LogP contribution is 2.30. The minimum atomic E-state index is -3.86. The molecule has 0 saturated heterocycles. The summed E-state index contributed by atoms with van der Waals surface area (Å²) in [5.74, 6) is -0.618. The van der Waals surface area contributed by atoms with E-state index in [9.17, 15) is 13.2 Å². The molecule has 0 fully saturated rings. The fraction of sp³-hybridized carbons (Fsp3) is 0.118. The maximum absolute atomic E-state index is 12.7. The molecule has 0 aliphatic carbocycles. The van der Waals surface area contributed by atoms with Crippen molar-refractivity contribution in [2.45, 2.75) is 11.8 Å². The molecule has 0 unspecified atom stereocenters. The van der Waals surface area contributed by atoms with E-state index in [0.29, 0.717) is 10.9 Å². The summed E-state index contributed by atoms with van der Waals surface area (Å²) >= 11 is 3.27. The molecule has 2 N–H and O–H groups in total. The van der Waals surface area contributed by atoms with E-state index < -0.39 is 16.0 Å². The van der Waals surface area contributed by atoms with Gasteiger partial charge in [-0.25, -0.2) is 13.2 Å². The quantitative estimate of drug-likeness (QED) is 0.610. The van der Waals surface area contributed by atoms with Gasteiger partial charge in [0.15, 0.2) is 5.69 Å². The van der Waals surface area contributed by atoms with Crippen LogP contribution in [0.3, 0.4) is 0 Å². The van der Waals surface area contributed by atoms with Crippen LogP contribution in [0.15, 0.2) is 57.9 Å². The van der Waals surface area contributed by atoms with Crippen LogP contribution in [-0.2, 0) is 14.8 Å². The highest BCUT2D eigenvalue weighted by Gasteiger charge is 2.23. The van der Waals surface area contributed by atoms with E-state index in [0.717, 1.165) is 4.47 Å². The summed E-state index contributed by atoms with van der Waals surface area (Å²) in [6, 6.07) is 13.3. The largest absolute Gasteiger partial charge is 0.461 e. The van der Waals surface area contributed by atoms with E-state index in [1.165, 1.54) is 12.1 Å². The van der Waals surface area contributed by atoms with E-state index in [1.807, 2.05) is 0 Å². The molecule has 0 aliphatic heterocycles. The van der Waals surface area contributed by atoms with Gasteiger partial charge < -0.3 is 9.72 Å². The minimum Gasteiger partial charge on any atom is -0.461 e. The zero-order valence-corrected chi connectivity index (χ0v) is 15.6. The molecule has 0 spiro atoms. The number of carbonyl (C=O) groups excluding carboxylic acids is 1. The van der Waals surface area contributed by atoms with E-state index in [1.54, 1.807) is 43.3 Å². The van der Waals surface area contributed by atoms with Crippen LogP contribution < -0.4 is 4.72 Å². The van der Waals surface area contributed by atoms with Crippen molar-refractivity contribution in [3.05, 3.63) is 58.7 Å². The van der Waals surface area contributed by atoms with Crippen LogP contribution in [0.5, 0.6) is 0 Å². The molecule has 1 aromatic heterocycles. The Hall–Kier alpha value is -2.32. The third-order valence-electron chi connectivity index (χ3n) is 3.55. The molecule has 2 aromatic carbocycles. The van der Waals surface area contributed by atoms with Gasteiger partial charge in [0.1, 0.15) is 0 Å². The fourth-order valence-corrected chi connectivity index (χ4v) is 3.77. The zero-order valence-electron chi connectivity index (χ0n) is 13.2. The molecule has 6 nitrogen and oxygen atoms in total. The third kappa shape index (κ3) is 3.54. The van der Waals surface area contributed by atoms with E-state index in [4.69, 9.17) is 4.74 Å². The van der Waals surface area contributed by atoms with E-state index in [2.05, 4.69) is 25.6 Å². The SMILES string of the molecule is CCOC(=O)c1[nH]c2ccccc2c1NS(=O)(=O)c1ccc(Br)cc1. The number of carbonyl (C=O) groups is 1. The first-order chi connectivity index (χ1) is 11.9. The van der Waals surface area contributed by atoms with E-state index in [-0.39, 0.29) is 22.9 Å². The van der Waals surface area contributed by atoms with Crippen LogP contribution in [-0.4, -0.2) is 26.0 Å². The lowest BCUT2D eigenvalue weighted by molar-refractivity contribution is 0.0522. The first-order valence-electron chi connectivity index (χ1n) is 7.48. The van der Waals surface area contributed by atoms with Gasteiger partial charge in [0.05, 0.1) is 17.2 Å². The number of H-pyrrole nitrogens is 1. The Morgan fingerprint density at radius 3 is 2.52 bits per heavy atom. The molecule has 0 atom stereocenters. The molecule has 1 heterocycles. The topological polar surface area (TPSA) is 88.3 Å². The van der Waals surface area contributed by atoms with Crippen molar-refractivity contribution in [2.24, 2.45) is 0 Å². The monoisotopic (exact) mass is 422 g/mol. The smallest absolute Gasteiger partial charge is 0.356 e. The number of benzene rings is 2. The van der Waals surface area contributed by atoms with Gasteiger partial charge in [-0.1, -0.05) is 34.1 Å². The molecule has 3 aromatic rings. The van der Waals surface area contributed by atoms with Crippen molar-refractivity contribution >= 4 is 48.5 Å². The molecule has 3 rings (SSSR count). The molecule has 8 heteroatoms. The van der Waals surface area contributed by atoms with Gasteiger partial charge >= 0.3 is 5.97 Å². The summed E-state index contributed by atoms with van der Waals surface area (Å²) in [7, 11) is -3.86. The van der Waals surface area contributed by atoms with Gasteiger partial charge in [0.25, 0.3) is 10.0 Å². The Kier molecular flexibility index (Phi) is 4.82. The van der Waals surface area contributed by atoms with Gasteiger partial charge in [-0.15, -0.1) is 0 Å². The van der Waals surface area contributed by atoms with Gasteiger partial charge in [-0.05, 0) is 37.3 Å². The van der Waals surface area contributed by atoms with Crippen molar-refractivity contribution in [3.63, 3.8) is 0 Å². The number of para-hydroxylation sites is 1. The van der Waals surface area contributed by atoms with Crippen molar-refractivity contribution in [2.75, 3.05) is 11.3 Å². The number of aromatic amines is 1. The number of halogens is 1. The Balaban J connectivity index is 2.09. The van der Waals surface area contributed by atoms with Crippen LogP contribution in [0.25, 0.3) is 10.9 Å². The Morgan fingerprint density at radius 1 is 1.16 bits per heavy atom. The van der Waals surface area contributed by atoms with Crippen molar-refractivity contribution < 1.29 is 17.9 Å². The van der Waals surface area contributed by atoms with Crippen molar-refractivity contribution in [3.8, 4) is 0 Å². The highest BCUT2D eigenvalue weighted by molar-refractivity contribution is 9.10. The number of ether oxygens (including phenoxy) is 1. The number of sulfonamides is 1. The minimum absolute atomic E-state index is 0.0729. The number of fused-ring (bicyclic) bond motifs is 1. The van der Waals surface area contributed by atoms with Gasteiger partial charge in [-0.3, -0.25) is 4.72 Å². The normalized spacial score (nSPS) is 11.4. The lowest BCUT2D eigenvalue weighted by Crippen LogP contribution is -2.16. The molecule has 0 radical (unpaired) electrons. The second-order valence-electron chi connectivity index (χ2n) is 5.20. The van der Waals surface area contributed by atoms with Crippen LogP contribution >= 0.6 is 15.9 Å². The number of aromatic nitrogens is 1. The average molecular weight is 423 g/mol. The van der Waals surface area contributed by atoms with Crippen molar-refractivity contribution in [1.82, 2.24) is 4.98 Å². The van der Waals surface area contributed by atoms with Crippen LogP contribution in [0, 0.1) is 0 Å². The summed E-state index contributed by atoms with van der Waals surface area (Å²) < 4.78 is 33.7. The first kappa shape index (κ1) is 17.5. The van der Waals surface area contributed by atoms with E-state index >= 15 is 0 Å². The Morgan fingerprint density at radius 2 is 1.84 bits per heavy atom. The second-order valence-corrected chi connectivity index (χ2v) is 7.80. The predicted octanol–water partition coefficient (Wildman–Crippen LogP) is 3.91. The number of hydrogen-bond acceptors (Lipinski definition) is 4. The van der Waals surface area contributed by atoms with Gasteiger partial charge in [0.2, 0.25) is 0 Å². The van der Waals surface area contributed by atoms with Crippen LogP contribution in [0.4, 0.5) is 5.69 Å². The lowest BCUT2D eigenvalue weighted by Gasteiger charge is -2.09. The number of esters is 1. The molecule has 0 aliphatic rings. The summed E-state index contributed by atoms with van der Waals surface area (Å²) in [6.45, 7) is 1.87. The number of nitrogens with one attached hydrogen (secondary N) is 2. The van der Waals surface area contributed by atoms with Gasteiger partial charge in [0, 0.05) is 15.4 Å². The van der Waals surface area contributed by atoms with Crippen LogP contribution in [0.1, 0.15) is 17.4 Å². The summed E-state index contributed by atoms with van der Waals surface area (Å²) in [4.78, 5) is 15.2. The Labute approximate surface area is 153 Å². The van der Waals surface area contributed by atoms with Crippen LogP contribution in [0.2, 0.25) is 0 Å². The average Bonchev–Trinajstić information content (AvgIpc) is 2.94. The summed E-state index contributed by atoms with van der Waals surface area (Å²) in [5.41, 5.74) is 0.889. The molecule has 0 saturated carbocycles. The molecular weight excluding hydrogens is 408 g/mol. The maximum Gasteiger partial charge on any atom is 0.356 e. The maximum atomic E-state index is 12.7. The molecule has 0 amide bonds. The zero-order chi connectivity index (χ0) is 18.0. The molecule has 0 bridgehead atoms.